The Morgan fingerprint density at radius 1 is 0.821 bits per heavy atom. The maximum atomic E-state index is 10.4. The van der Waals surface area contributed by atoms with Crippen LogP contribution >= 0.6 is 0 Å². The van der Waals surface area contributed by atoms with E-state index in [4.69, 9.17) is 33.5 Å². The summed E-state index contributed by atoms with van der Waals surface area (Å²) in [6.45, 7) is -0.984. The number of fused-ring (bicyclic) bond motifs is 1. The molecule has 0 bridgehead atoms. The molecule has 7 atom stereocenters. The molecular formula is C27H34O12. The summed E-state index contributed by atoms with van der Waals surface area (Å²) in [7, 11) is 4.31. The summed E-state index contributed by atoms with van der Waals surface area (Å²) in [5.41, 5.74) is 2.06. The number of ether oxygens (including phenoxy) is 6. The lowest BCUT2D eigenvalue weighted by atomic mass is 9.90. The Labute approximate surface area is 225 Å². The van der Waals surface area contributed by atoms with E-state index in [0.717, 1.165) is 11.1 Å². The maximum Gasteiger partial charge on any atom is 0.229 e. The van der Waals surface area contributed by atoms with Gasteiger partial charge in [-0.1, -0.05) is 12.2 Å². The number of rotatable bonds is 10. The number of aliphatic hydroxyl groups is 6. The zero-order valence-corrected chi connectivity index (χ0v) is 21.8. The van der Waals surface area contributed by atoms with E-state index in [1.165, 1.54) is 21.3 Å². The van der Waals surface area contributed by atoms with Crippen molar-refractivity contribution in [3.63, 3.8) is 0 Å². The molecule has 2 aliphatic rings. The largest absolute Gasteiger partial charge is 0.493 e. The first kappa shape index (κ1) is 28.9. The molecule has 2 aromatic rings. The van der Waals surface area contributed by atoms with E-state index in [1.807, 2.05) is 6.07 Å². The first-order valence-corrected chi connectivity index (χ1v) is 12.3. The Hall–Kier alpha value is -3.10. The van der Waals surface area contributed by atoms with Crippen molar-refractivity contribution in [1.82, 2.24) is 0 Å². The van der Waals surface area contributed by atoms with Crippen molar-refractivity contribution < 1.29 is 59.1 Å². The minimum atomic E-state index is -1.63. The van der Waals surface area contributed by atoms with Crippen molar-refractivity contribution in [1.29, 1.82) is 0 Å². The minimum absolute atomic E-state index is 0.0400. The van der Waals surface area contributed by atoms with E-state index < -0.39 is 49.3 Å². The predicted molar refractivity (Wildman–Crippen MR) is 136 cm³/mol. The molecule has 0 aromatic heterocycles. The second-order valence-corrected chi connectivity index (χ2v) is 9.12. The van der Waals surface area contributed by atoms with Crippen LogP contribution in [0.25, 0.3) is 6.08 Å². The lowest BCUT2D eigenvalue weighted by Gasteiger charge is -2.39. The summed E-state index contributed by atoms with van der Waals surface area (Å²) in [4.78, 5) is 0. The van der Waals surface area contributed by atoms with Crippen molar-refractivity contribution in [3.8, 4) is 28.7 Å². The molecule has 0 saturated carbocycles. The van der Waals surface area contributed by atoms with Crippen molar-refractivity contribution in [3.05, 3.63) is 47.0 Å². The highest BCUT2D eigenvalue weighted by Gasteiger charge is 2.45. The van der Waals surface area contributed by atoms with Crippen molar-refractivity contribution >= 4 is 6.08 Å². The van der Waals surface area contributed by atoms with Crippen molar-refractivity contribution in [2.75, 3.05) is 41.2 Å². The molecule has 2 aromatic carbocycles. The van der Waals surface area contributed by atoms with Crippen molar-refractivity contribution in [2.24, 2.45) is 0 Å². The summed E-state index contributed by atoms with van der Waals surface area (Å²) in [5, 5.41) is 59.6. The fraction of sp³-hybridized carbons (Fsp3) is 0.481. The van der Waals surface area contributed by atoms with Gasteiger partial charge in [0, 0.05) is 11.1 Å². The van der Waals surface area contributed by atoms with Gasteiger partial charge < -0.3 is 59.1 Å². The molecule has 39 heavy (non-hydrogen) atoms. The fourth-order valence-electron chi connectivity index (χ4n) is 4.81. The number of aliphatic hydroxyl groups excluding tert-OH is 6. The zero-order valence-electron chi connectivity index (χ0n) is 21.8. The Morgan fingerprint density at radius 3 is 2.05 bits per heavy atom. The third kappa shape index (κ3) is 5.50. The minimum Gasteiger partial charge on any atom is -0.493 e. The first-order valence-electron chi connectivity index (χ1n) is 12.3. The van der Waals surface area contributed by atoms with Crippen LogP contribution in [-0.2, 0) is 4.74 Å². The predicted octanol–water partition coefficient (Wildman–Crippen LogP) is 0.106. The molecule has 7 unspecified atom stereocenters. The highest BCUT2D eigenvalue weighted by molar-refractivity contribution is 5.63. The van der Waals surface area contributed by atoms with E-state index in [2.05, 4.69) is 0 Å². The third-order valence-corrected chi connectivity index (χ3v) is 6.84. The molecule has 1 fully saturated rings. The second-order valence-electron chi connectivity index (χ2n) is 9.12. The van der Waals surface area contributed by atoms with Gasteiger partial charge in [-0.3, -0.25) is 0 Å². The zero-order chi connectivity index (χ0) is 28.3. The van der Waals surface area contributed by atoms with Gasteiger partial charge in [0.2, 0.25) is 12.0 Å². The smallest absolute Gasteiger partial charge is 0.229 e. The summed E-state index contributed by atoms with van der Waals surface area (Å²) >= 11 is 0. The Bertz CT molecular complexity index is 1140. The lowest BCUT2D eigenvalue weighted by molar-refractivity contribution is -0.277. The Balaban J connectivity index is 1.70. The normalized spacial score (nSPS) is 28.2. The second kappa shape index (κ2) is 12.4. The molecule has 6 N–H and O–H groups in total. The van der Waals surface area contributed by atoms with Crippen LogP contribution in [0.15, 0.2) is 30.3 Å². The van der Waals surface area contributed by atoms with Crippen LogP contribution in [0, 0.1) is 0 Å². The monoisotopic (exact) mass is 550 g/mol. The molecule has 2 heterocycles. The van der Waals surface area contributed by atoms with Gasteiger partial charge in [-0.05, 0) is 29.8 Å². The van der Waals surface area contributed by atoms with Crippen LogP contribution in [0.5, 0.6) is 28.7 Å². The molecule has 12 heteroatoms. The topological polar surface area (TPSA) is 177 Å². The van der Waals surface area contributed by atoms with Gasteiger partial charge in [0.05, 0.1) is 47.1 Å². The summed E-state index contributed by atoms with van der Waals surface area (Å²) in [6, 6.07) is 6.87. The van der Waals surface area contributed by atoms with E-state index in [9.17, 15) is 25.5 Å². The third-order valence-electron chi connectivity index (χ3n) is 6.84. The lowest BCUT2D eigenvalue weighted by Crippen LogP contribution is -2.60. The van der Waals surface area contributed by atoms with E-state index >= 15 is 0 Å². The molecule has 2 aliphatic heterocycles. The highest BCUT2D eigenvalue weighted by Crippen LogP contribution is 2.53. The van der Waals surface area contributed by atoms with Crippen LogP contribution < -0.4 is 23.7 Å². The van der Waals surface area contributed by atoms with Crippen LogP contribution in [-0.4, -0.2) is 102 Å². The molecule has 0 spiro atoms. The summed E-state index contributed by atoms with van der Waals surface area (Å²) < 4.78 is 34.2. The molecule has 0 amide bonds. The van der Waals surface area contributed by atoms with Crippen LogP contribution in [0.2, 0.25) is 0 Å². The highest BCUT2D eigenvalue weighted by atomic mass is 16.7. The number of benzene rings is 2. The average molecular weight is 551 g/mol. The Morgan fingerprint density at radius 2 is 1.49 bits per heavy atom. The van der Waals surface area contributed by atoms with Crippen molar-refractivity contribution in [2.45, 2.75) is 42.7 Å². The van der Waals surface area contributed by atoms with E-state index in [0.29, 0.717) is 17.1 Å². The van der Waals surface area contributed by atoms with Gasteiger partial charge in [0.15, 0.2) is 23.0 Å². The maximum absolute atomic E-state index is 10.4. The molecule has 12 nitrogen and oxygen atoms in total. The molecule has 4 rings (SSSR count). The fourth-order valence-corrected chi connectivity index (χ4v) is 4.81. The molecule has 0 aliphatic carbocycles. The summed E-state index contributed by atoms with van der Waals surface area (Å²) in [6.07, 6.45) is -4.75. The van der Waals surface area contributed by atoms with Gasteiger partial charge in [-0.15, -0.1) is 0 Å². The van der Waals surface area contributed by atoms with Gasteiger partial charge >= 0.3 is 0 Å². The van der Waals surface area contributed by atoms with Crippen LogP contribution in [0.4, 0.5) is 0 Å². The van der Waals surface area contributed by atoms with Gasteiger partial charge in [0.25, 0.3) is 0 Å². The molecule has 1 saturated heterocycles. The standard InChI is InChI=1S/C27H34O12/c1-34-17-8-13(5-4-6-28)7-15-16(11-29)24(38-25(15)17)14-9-18(35-2)26(19(10-14)36-3)39-27-23(33)22(32)21(31)20(12-30)37-27/h4-5,7-10,16,20-24,27-33H,6,11-12H2,1-3H3. The van der Waals surface area contributed by atoms with Crippen LogP contribution in [0.3, 0.4) is 0 Å². The van der Waals surface area contributed by atoms with E-state index in [1.54, 1.807) is 30.4 Å². The number of hydrogen-bond donors (Lipinski definition) is 6. The quantitative estimate of drug-likeness (QED) is 0.236. The molecule has 0 radical (unpaired) electrons. The van der Waals surface area contributed by atoms with Crippen LogP contribution in [0.1, 0.15) is 28.7 Å². The number of hydrogen-bond acceptors (Lipinski definition) is 12. The Kier molecular flexibility index (Phi) is 9.18. The van der Waals surface area contributed by atoms with E-state index in [-0.39, 0.29) is 30.5 Å². The first-order chi connectivity index (χ1) is 18.8. The average Bonchev–Trinajstić information content (AvgIpc) is 3.34. The van der Waals surface area contributed by atoms with Gasteiger partial charge in [-0.25, -0.2) is 0 Å². The number of methoxy groups -OCH3 is 3. The summed E-state index contributed by atoms with van der Waals surface area (Å²) in [5.74, 6) is 0.850. The molecule has 214 valence electrons. The SMILES string of the molecule is COc1cc(C2Oc3c(OC)cc(C=CCO)cc3C2CO)cc(OC)c1OC1OC(CO)C(O)C(O)C1O. The van der Waals surface area contributed by atoms with Gasteiger partial charge in [0.1, 0.15) is 30.5 Å². The molecular weight excluding hydrogens is 516 g/mol. The van der Waals surface area contributed by atoms with Gasteiger partial charge in [-0.2, -0.15) is 0 Å².